The second-order valence-corrected chi connectivity index (χ2v) is 10.3. The number of carbonyl (C=O) groups excluding carboxylic acids is 2. The Morgan fingerprint density at radius 3 is 2.53 bits per heavy atom. The number of hydrogen-bond acceptors (Lipinski definition) is 5. The summed E-state index contributed by atoms with van der Waals surface area (Å²) in [6.45, 7) is 4.27. The summed E-state index contributed by atoms with van der Waals surface area (Å²) >= 11 is 5.93. The Hall–Kier alpha value is -3.15. The van der Waals surface area contributed by atoms with Gasteiger partial charge in [-0.05, 0) is 53.8 Å². The smallest absolute Gasteiger partial charge is 0.343 e. The van der Waals surface area contributed by atoms with Crippen LogP contribution in [0.1, 0.15) is 48.7 Å². The summed E-state index contributed by atoms with van der Waals surface area (Å²) < 4.78 is 5.65. The second-order valence-electron chi connectivity index (χ2n) is 9.87. The summed E-state index contributed by atoms with van der Waals surface area (Å²) in [6, 6.07) is 13.8. The van der Waals surface area contributed by atoms with Gasteiger partial charge in [0.25, 0.3) is 0 Å². The average Bonchev–Trinajstić information content (AvgIpc) is 2.95. The van der Waals surface area contributed by atoms with E-state index in [2.05, 4.69) is 36.6 Å². The van der Waals surface area contributed by atoms with E-state index < -0.39 is 5.97 Å². The molecule has 1 heterocycles. The first-order valence-electron chi connectivity index (χ1n) is 11.5. The highest BCUT2D eigenvalue weighted by atomic mass is 35.5. The fraction of sp³-hybridized carbons (Fsp3) is 0.286. The van der Waals surface area contributed by atoms with Gasteiger partial charge in [0.05, 0.1) is 23.7 Å². The minimum atomic E-state index is -0.458. The average molecular weight is 475 g/mol. The Labute approximate surface area is 204 Å². The van der Waals surface area contributed by atoms with Gasteiger partial charge < -0.3 is 10.1 Å². The van der Waals surface area contributed by atoms with E-state index in [-0.39, 0.29) is 29.3 Å². The van der Waals surface area contributed by atoms with Crippen molar-refractivity contribution in [2.24, 2.45) is 5.41 Å². The molecular formula is C28H27ClN2O3. The van der Waals surface area contributed by atoms with E-state index in [0.717, 1.165) is 23.3 Å². The van der Waals surface area contributed by atoms with Gasteiger partial charge in [-0.1, -0.05) is 61.9 Å². The minimum Gasteiger partial charge on any atom is -0.423 e. The predicted molar refractivity (Wildman–Crippen MR) is 133 cm³/mol. The third kappa shape index (κ3) is 4.59. The van der Waals surface area contributed by atoms with Crippen molar-refractivity contribution in [3.63, 3.8) is 0 Å². The molecule has 2 aromatic carbocycles. The molecule has 2 aromatic rings. The van der Waals surface area contributed by atoms with Crippen molar-refractivity contribution in [2.45, 2.75) is 44.8 Å². The maximum absolute atomic E-state index is 13.4. The molecule has 0 bridgehead atoms. The van der Waals surface area contributed by atoms with Gasteiger partial charge in [0.15, 0.2) is 5.78 Å². The Bertz CT molecular complexity index is 1230. The molecule has 3 aliphatic rings. The van der Waals surface area contributed by atoms with Gasteiger partial charge in [-0.25, -0.2) is 4.79 Å². The number of ether oxygens (including phenoxy) is 1. The number of halogens is 1. The quantitative estimate of drug-likeness (QED) is 0.466. The van der Waals surface area contributed by atoms with Gasteiger partial charge in [-0.2, -0.15) is 0 Å². The first-order chi connectivity index (χ1) is 16.3. The van der Waals surface area contributed by atoms with Crippen LogP contribution in [0.4, 0.5) is 0 Å². The van der Waals surface area contributed by atoms with Gasteiger partial charge in [0, 0.05) is 22.7 Å². The number of nitrogens with one attached hydrogen (secondary N) is 2. The molecule has 0 saturated carbocycles. The molecule has 0 fully saturated rings. The molecule has 0 aromatic heterocycles. The maximum Gasteiger partial charge on any atom is 0.343 e. The molecular weight excluding hydrogens is 448 g/mol. The van der Waals surface area contributed by atoms with Crippen LogP contribution in [0.5, 0.6) is 5.75 Å². The third-order valence-electron chi connectivity index (χ3n) is 6.53. The minimum absolute atomic E-state index is 0.0248. The Kier molecular flexibility index (Phi) is 5.92. The second kappa shape index (κ2) is 8.90. The summed E-state index contributed by atoms with van der Waals surface area (Å²) in [4.78, 5) is 26.0. The topological polar surface area (TPSA) is 67.4 Å². The lowest BCUT2D eigenvalue weighted by Crippen LogP contribution is -2.44. The number of ketones is 1. The van der Waals surface area contributed by atoms with Gasteiger partial charge >= 0.3 is 5.97 Å². The molecule has 0 radical (unpaired) electrons. The van der Waals surface area contributed by atoms with E-state index in [1.54, 1.807) is 30.3 Å². The zero-order valence-electron chi connectivity index (χ0n) is 19.2. The molecule has 2 aliphatic carbocycles. The molecule has 6 heteroatoms. The molecule has 0 amide bonds. The molecule has 174 valence electrons. The van der Waals surface area contributed by atoms with Gasteiger partial charge in [-0.15, -0.1) is 0 Å². The SMILES string of the molecule is CC1(C)CC(=O)C2=C(C1)NC1C=CC=CC1NC2c1cccc(OC(=O)c2ccc(Cl)cc2)c1. The van der Waals surface area contributed by atoms with Crippen LogP contribution < -0.4 is 15.4 Å². The zero-order valence-corrected chi connectivity index (χ0v) is 19.9. The highest BCUT2D eigenvalue weighted by Crippen LogP contribution is 2.42. The monoisotopic (exact) mass is 474 g/mol. The van der Waals surface area contributed by atoms with Gasteiger partial charge in [0.2, 0.25) is 0 Å². The fourth-order valence-corrected chi connectivity index (χ4v) is 5.08. The Morgan fingerprint density at radius 1 is 1.03 bits per heavy atom. The van der Waals surface area contributed by atoms with Crippen molar-refractivity contribution in [1.29, 1.82) is 0 Å². The molecule has 5 rings (SSSR count). The van der Waals surface area contributed by atoms with Gasteiger partial charge in [0.1, 0.15) is 5.75 Å². The number of fused-ring (bicyclic) bond motifs is 1. The molecule has 2 N–H and O–H groups in total. The van der Waals surface area contributed by atoms with Crippen LogP contribution in [-0.2, 0) is 4.79 Å². The summed E-state index contributed by atoms with van der Waals surface area (Å²) in [6.07, 6.45) is 9.59. The van der Waals surface area contributed by atoms with Crippen LogP contribution in [0.2, 0.25) is 5.02 Å². The van der Waals surface area contributed by atoms with E-state index in [1.807, 2.05) is 30.4 Å². The highest BCUT2D eigenvalue weighted by molar-refractivity contribution is 6.30. The first-order valence-corrected chi connectivity index (χ1v) is 11.9. The lowest BCUT2D eigenvalue weighted by molar-refractivity contribution is -0.118. The van der Waals surface area contributed by atoms with Crippen molar-refractivity contribution in [3.8, 4) is 5.75 Å². The van der Waals surface area contributed by atoms with Crippen LogP contribution in [0, 0.1) is 5.41 Å². The number of Topliss-reactive ketones (excluding diaryl/α,β-unsaturated/α-hetero) is 1. The van der Waals surface area contributed by atoms with E-state index in [1.165, 1.54) is 0 Å². The first kappa shape index (κ1) is 22.6. The number of allylic oxidation sites excluding steroid dienone is 3. The number of hydrogen-bond donors (Lipinski definition) is 2. The van der Waals surface area contributed by atoms with E-state index in [9.17, 15) is 9.59 Å². The van der Waals surface area contributed by atoms with E-state index in [4.69, 9.17) is 16.3 Å². The van der Waals surface area contributed by atoms with E-state index >= 15 is 0 Å². The van der Waals surface area contributed by atoms with E-state index in [0.29, 0.717) is 22.8 Å². The molecule has 34 heavy (non-hydrogen) atoms. The summed E-state index contributed by atoms with van der Waals surface area (Å²) in [5.41, 5.74) is 2.97. The van der Waals surface area contributed by atoms with Crippen molar-refractivity contribution in [1.82, 2.24) is 10.6 Å². The molecule has 3 unspecified atom stereocenters. The summed E-state index contributed by atoms with van der Waals surface area (Å²) in [5, 5.41) is 7.87. The summed E-state index contributed by atoms with van der Waals surface area (Å²) in [7, 11) is 0. The van der Waals surface area contributed by atoms with Crippen LogP contribution in [0.15, 0.2) is 84.1 Å². The molecule has 5 nitrogen and oxygen atoms in total. The number of carbonyl (C=O) groups is 2. The van der Waals surface area contributed by atoms with Crippen molar-refractivity contribution < 1.29 is 14.3 Å². The van der Waals surface area contributed by atoms with Gasteiger partial charge in [-0.3, -0.25) is 10.1 Å². The third-order valence-corrected chi connectivity index (χ3v) is 6.78. The van der Waals surface area contributed by atoms with Crippen LogP contribution in [-0.4, -0.2) is 23.8 Å². The lowest BCUT2D eigenvalue weighted by atomic mass is 9.73. The summed E-state index contributed by atoms with van der Waals surface area (Å²) in [5.74, 6) is 0.115. The standard InChI is InChI=1S/C28H27ClN2O3/c1-28(2)15-23-25(24(32)16-28)26(31-22-9-4-3-8-21(22)30-23)18-6-5-7-20(14-18)34-27(33)17-10-12-19(29)13-11-17/h3-14,21-22,26,30-31H,15-16H2,1-2H3. The fourth-order valence-electron chi connectivity index (χ4n) is 4.95. The molecule has 1 aliphatic heterocycles. The van der Waals surface area contributed by atoms with Crippen LogP contribution in [0.3, 0.4) is 0 Å². The predicted octanol–water partition coefficient (Wildman–Crippen LogP) is 5.30. The van der Waals surface area contributed by atoms with Crippen molar-refractivity contribution >= 4 is 23.4 Å². The lowest BCUT2D eigenvalue weighted by Gasteiger charge is -2.34. The van der Waals surface area contributed by atoms with Crippen LogP contribution >= 0.6 is 11.6 Å². The Morgan fingerprint density at radius 2 is 1.76 bits per heavy atom. The molecule has 0 spiro atoms. The Balaban J connectivity index is 1.49. The molecule has 0 saturated heterocycles. The van der Waals surface area contributed by atoms with Crippen LogP contribution in [0.25, 0.3) is 0 Å². The largest absolute Gasteiger partial charge is 0.423 e. The number of esters is 1. The maximum atomic E-state index is 13.4. The zero-order chi connectivity index (χ0) is 23.9. The molecule has 3 atom stereocenters. The normalized spacial score (nSPS) is 25.1. The number of rotatable bonds is 3. The highest BCUT2D eigenvalue weighted by Gasteiger charge is 2.41. The van der Waals surface area contributed by atoms with Crippen molar-refractivity contribution in [3.05, 3.63) is 100 Å². The van der Waals surface area contributed by atoms with Crippen molar-refractivity contribution in [2.75, 3.05) is 0 Å². The number of benzene rings is 2.